The monoisotopic (exact) mass is 438 g/mol. The lowest BCUT2D eigenvalue weighted by molar-refractivity contribution is -0.135. The topological polar surface area (TPSA) is 95.9 Å². The Bertz CT molecular complexity index is 965. The number of nitrogens with one attached hydrogen (secondary N) is 1. The number of ether oxygens (including phenoxy) is 1. The number of nitrogens with zero attached hydrogens (tertiary/aromatic N) is 1. The highest BCUT2D eigenvalue weighted by molar-refractivity contribution is 7.92. The SMILES string of the molecule is CCN1CCC(C(=O)NO)CC1S(=O)(=O)c1ccccc1Oc1ccc(Cl)cc1. The third-order valence-corrected chi connectivity index (χ3v) is 7.51. The molecule has 2 unspecified atom stereocenters. The fourth-order valence-electron chi connectivity index (χ4n) is 3.54. The van der Waals surface area contributed by atoms with E-state index < -0.39 is 27.0 Å². The number of para-hydroxylation sites is 1. The predicted octanol–water partition coefficient (Wildman–Crippen LogP) is 3.47. The number of sulfone groups is 1. The second kappa shape index (κ2) is 9.13. The normalized spacial score (nSPS) is 20.2. The zero-order chi connectivity index (χ0) is 21.0. The van der Waals surface area contributed by atoms with Gasteiger partial charge in [0.05, 0.1) is 0 Å². The molecule has 1 aliphatic rings. The standard InChI is InChI=1S/C20H23ClN2O5S/c1-2-23-12-11-14(20(24)22-25)13-19(23)29(26,27)18-6-4-3-5-17(18)28-16-9-7-15(21)8-10-16/h3-10,14,19,25H,2,11-13H2,1H3,(H,22,24). The van der Waals surface area contributed by atoms with Crippen LogP contribution in [0.25, 0.3) is 0 Å². The van der Waals surface area contributed by atoms with E-state index in [-0.39, 0.29) is 17.1 Å². The van der Waals surface area contributed by atoms with Crippen molar-refractivity contribution in [2.24, 2.45) is 5.92 Å². The molecule has 1 fully saturated rings. The Morgan fingerprint density at radius 2 is 1.93 bits per heavy atom. The summed E-state index contributed by atoms with van der Waals surface area (Å²) >= 11 is 5.90. The quantitative estimate of drug-likeness (QED) is 0.529. The van der Waals surface area contributed by atoms with Crippen LogP contribution in [0.5, 0.6) is 11.5 Å². The van der Waals surface area contributed by atoms with Crippen LogP contribution in [0.4, 0.5) is 0 Å². The van der Waals surface area contributed by atoms with E-state index in [0.29, 0.717) is 30.3 Å². The van der Waals surface area contributed by atoms with E-state index in [1.807, 2.05) is 11.8 Å². The van der Waals surface area contributed by atoms with Gasteiger partial charge in [0.1, 0.15) is 21.8 Å². The molecule has 0 bridgehead atoms. The largest absolute Gasteiger partial charge is 0.456 e. The molecule has 1 heterocycles. The highest BCUT2D eigenvalue weighted by Gasteiger charge is 2.41. The van der Waals surface area contributed by atoms with Gasteiger partial charge in [-0.1, -0.05) is 30.7 Å². The van der Waals surface area contributed by atoms with Gasteiger partial charge in [-0.2, -0.15) is 0 Å². The smallest absolute Gasteiger partial charge is 0.246 e. The molecule has 1 saturated heterocycles. The van der Waals surface area contributed by atoms with E-state index in [1.54, 1.807) is 47.9 Å². The lowest BCUT2D eigenvalue weighted by atomic mass is 9.96. The summed E-state index contributed by atoms with van der Waals surface area (Å²) in [5, 5.41) is 8.61. The van der Waals surface area contributed by atoms with Crippen molar-refractivity contribution >= 4 is 27.3 Å². The Kier molecular flexibility index (Phi) is 6.79. The molecule has 0 spiro atoms. The molecule has 0 saturated carbocycles. The summed E-state index contributed by atoms with van der Waals surface area (Å²) in [6.07, 6.45) is 0.576. The third kappa shape index (κ3) is 4.72. The van der Waals surface area contributed by atoms with E-state index >= 15 is 0 Å². The van der Waals surface area contributed by atoms with Gasteiger partial charge in [-0.15, -0.1) is 0 Å². The molecule has 3 rings (SSSR count). The molecule has 2 aromatic carbocycles. The van der Waals surface area contributed by atoms with Gasteiger partial charge in [0.2, 0.25) is 5.91 Å². The molecule has 2 N–H and O–H groups in total. The highest BCUT2D eigenvalue weighted by atomic mass is 35.5. The molecule has 0 aromatic heterocycles. The summed E-state index contributed by atoms with van der Waals surface area (Å²) < 4.78 is 32.9. The molecular weight excluding hydrogens is 416 g/mol. The molecule has 1 amide bonds. The second-order valence-corrected chi connectivity index (χ2v) is 9.34. The average Bonchev–Trinajstić information content (AvgIpc) is 2.74. The van der Waals surface area contributed by atoms with Gasteiger partial charge < -0.3 is 4.74 Å². The zero-order valence-electron chi connectivity index (χ0n) is 15.9. The molecule has 29 heavy (non-hydrogen) atoms. The first kappa shape index (κ1) is 21.6. The Morgan fingerprint density at radius 3 is 2.59 bits per heavy atom. The van der Waals surface area contributed by atoms with Gasteiger partial charge in [-0.3, -0.25) is 14.9 Å². The highest BCUT2D eigenvalue weighted by Crippen LogP contribution is 2.36. The van der Waals surface area contributed by atoms with E-state index in [1.165, 1.54) is 6.07 Å². The van der Waals surface area contributed by atoms with Gasteiger partial charge in [-0.05, 0) is 55.8 Å². The molecule has 0 radical (unpaired) electrons. The Labute approximate surface area is 175 Å². The lowest BCUT2D eigenvalue weighted by Crippen LogP contribution is -2.49. The number of hydroxylamine groups is 1. The minimum absolute atomic E-state index is 0.0588. The Morgan fingerprint density at radius 1 is 1.24 bits per heavy atom. The van der Waals surface area contributed by atoms with Crippen molar-refractivity contribution in [2.75, 3.05) is 13.1 Å². The number of halogens is 1. The Balaban J connectivity index is 1.95. The first-order valence-corrected chi connectivity index (χ1v) is 11.2. The van der Waals surface area contributed by atoms with Gasteiger partial charge in [0, 0.05) is 17.5 Å². The number of hydrogen-bond donors (Lipinski definition) is 2. The fraction of sp³-hybridized carbons (Fsp3) is 0.350. The third-order valence-electron chi connectivity index (χ3n) is 5.10. The molecule has 7 nitrogen and oxygen atoms in total. The van der Waals surface area contributed by atoms with Crippen LogP contribution in [0, 0.1) is 5.92 Å². The van der Waals surface area contributed by atoms with Crippen molar-refractivity contribution in [3.63, 3.8) is 0 Å². The van der Waals surface area contributed by atoms with Crippen LogP contribution >= 0.6 is 11.6 Å². The van der Waals surface area contributed by atoms with Gasteiger partial charge in [0.25, 0.3) is 0 Å². The maximum Gasteiger partial charge on any atom is 0.246 e. The van der Waals surface area contributed by atoms with Gasteiger partial charge in [0.15, 0.2) is 9.84 Å². The number of carbonyl (C=O) groups excluding carboxylic acids is 1. The number of carbonyl (C=O) groups is 1. The van der Waals surface area contributed by atoms with Gasteiger partial charge in [-0.25, -0.2) is 13.9 Å². The average molecular weight is 439 g/mol. The molecule has 0 aliphatic carbocycles. The van der Waals surface area contributed by atoms with Gasteiger partial charge >= 0.3 is 0 Å². The van der Waals surface area contributed by atoms with Crippen molar-refractivity contribution in [2.45, 2.75) is 30.0 Å². The summed E-state index contributed by atoms with van der Waals surface area (Å²) in [4.78, 5) is 13.8. The molecule has 1 aliphatic heterocycles. The maximum atomic E-state index is 13.5. The van der Waals surface area contributed by atoms with Crippen molar-refractivity contribution in [3.8, 4) is 11.5 Å². The van der Waals surface area contributed by atoms with Crippen LogP contribution in [0.15, 0.2) is 53.4 Å². The molecule has 9 heteroatoms. The number of amides is 1. The van der Waals surface area contributed by atoms with Crippen LogP contribution in [0.2, 0.25) is 5.02 Å². The summed E-state index contributed by atoms with van der Waals surface area (Å²) in [5.74, 6) is -0.469. The second-order valence-electron chi connectivity index (χ2n) is 6.83. The fourth-order valence-corrected chi connectivity index (χ4v) is 5.75. The summed E-state index contributed by atoms with van der Waals surface area (Å²) in [5.41, 5.74) is 1.64. The van der Waals surface area contributed by atoms with Crippen molar-refractivity contribution in [1.82, 2.24) is 10.4 Å². The number of hydrogen-bond acceptors (Lipinski definition) is 6. The molecular formula is C20H23ClN2O5S. The minimum Gasteiger partial charge on any atom is -0.456 e. The number of likely N-dealkylation sites (tertiary alicyclic amines) is 1. The van der Waals surface area contributed by atoms with Crippen LogP contribution < -0.4 is 10.2 Å². The number of rotatable bonds is 6. The number of piperidine rings is 1. The van der Waals surface area contributed by atoms with Crippen LogP contribution in [0.3, 0.4) is 0 Å². The van der Waals surface area contributed by atoms with E-state index in [4.69, 9.17) is 21.5 Å². The summed E-state index contributed by atoms with van der Waals surface area (Å²) in [6, 6.07) is 13.1. The van der Waals surface area contributed by atoms with E-state index in [2.05, 4.69) is 0 Å². The number of benzene rings is 2. The van der Waals surface area contributed by atoms with Crippen molar-refractivity contribution < 1.29 is 23.2 Å². The van der Waals surface area contributed by atoms with Crippen LogP contribution in [0.1, 0.15) is 19.8 Å². The van der Waals surface area contributed by atoms with E-state index in [0.717, 1.165) is 0 Å². The molecule has 156 valence electrons. The van der Waals surface area contributed by atoms with Crippen molar-refractivity contribution in [1.29, 1.82) is 0 Å². The Hall–Kier alpha value is -2.13. The maximum absolute atomic E-state index is 13.5. The van der Waals surface area contributed by atoms with E-state index in [9.17, 15) is 13.2 Å². The van der Waals surface area contributed by atoms with Crippen LogP contribution in [-0.4, -0.2) is 42.9 Å². The zero-order valence-corrected chi connectivity index (χ0v) is 17.5. The molecule has 2 aromatic rings. The first-order chi connectivity index (χ1) is 13.9. The summed E-state index contributed by atoms with van der Waals surface area (Å²) in [6.45, 7) is 2.85. The summed E-state index contributed by atoms with van der Waals surface area (Å²) in [7, 11) is -3.84. The minimum atomic E-state index is -3.84. The van der Waals surface area contributed by atoms with Crippen LogP contribution in [-0.2, 0) is 14.6 Å². The first-order valence-electron chi connectivity index (χ1n) is 9.31. The lowest BCUT2D eigenvalue weighted by Gasteiger charge is -2.37. The van der Waals surface area contributed by atoms with Crippen molar-refractivity contribution in [3.05, 3.63) is 53.6 Å². The predicted molar refractivity (Wildman–Crippen MR) is 109 cm³/mol. The molecule has 2 atom stereocenters.